The van der Waals surface area contributed by atoms with E-state index in [4.69, 9.17) is 5.26 Å². The van der Waals surface area contributed by atoms with E-state index in [-0.39, 0.29) is 5.91 Å². The van der Waals surface area contributed by atoms with Crippen molar-refractivity contribution in [2.75, 3.05) is 6.54 Å². The smallest absolute Gasteiger partial charge is 0.227 e. The van der Waals surface area contributed by atoms with Crippen molar-refractivity contribution < 1.29 is 4.79 Å². The zero-order valence-corrected chi connectivity index (χ0v) is 10.3. The lowest BCUT2D eigenvalue weighted by Gasteiger charge is -2.27. The van der Waals surface area contributed by atoms with Crippen molar-refractivity contribution in [3.63, 3.8) is 0 Å². The van der Waals surface area contributed by atoms with E-state index in [0.717, 1.165) is 18.0 Å². The number of rotatable bonds is 2. The molecule has 2 unspecified atom stereocenters. The second kappa shape index (κ2) is 4.45. The monoisotopic (exact) mass is 240 g/mol. The van der Waals surface area contributed by atoms with Crippen LogP contribution in [-0.2, 0) is 11.2 Å². The summed E-state index contributed by atoms with van der Waals surface area (Å²) in [6.07, 6.45) is 4.16. The fourth-order valence-corrected chi connectivity index (χ4v) is 3.20. The molecule has 2 atom stereocenters. The SMILES string of the molecule is N#Cc1ccc(CC(=O)N2CC3CCC2C3)cc1. The number of benzene rings is 1. The molecular formula is C15H16N2O. The van der Waals surface area contributed by atoms with Crippen LogP contribution in [-0.4, -0.2) is 23.4 Å². The highest BCUT2D eigenvalue weighted by atomic mass is 16.2. The van der Waals surface area contributed by atoms with Crippen molar-refractivity contribution in [3.8, 4) is 6.07 Å². The summed E-state index contributed by atoms with van der Waals surface area (Å²) in [6, 6.07) is 9.90. The number of hydrogen-bond donors (Lipinski definition) is 0. The summed E-state index contributed by atoms with van der Waals surface area (Å²) in [4.78, 5) is 14.3. The number of nitriles is 1. The second-order valence-electron chi connectivity index (χ2n) is 5.36. The lowest BCUT2D eigenvalue weighted by atomic mass is 10.1. The number of piperidine rings is 1. The Morgan fingerprint density at radius 1 is 1.33 bits per heavy atom. The maximum absolute atomic E-state index is 12.2. The largest absolute Gasteiger partial charge is 0.339 e. The van der Waals surface area contributed by atoms with E-state index in [1.807, 2.05) is 12.1 Å². The van der Waals surface area contributed by atoms with Crippen LogP contribution in [0.3, 0.4) is 0 Å². The molecule has 1 saturated heterocycles. The highest BCUT2D eigenvalue weighted by Crippen LogP contribution is 2.37. The minimum atomic E-state index is 0.243. The summed E-state index contributed by atoms with van der Waals surface area (Å²) in [5, 5.41) is 8.73. The van der Waals surface area contributed by atoms with E-state index in [1.54, 1.807) is 12.1 Å². The number of likely N-dealkylation sites (tertiary alicyclic amines) is 1. The van der Waals surface area contributed by atoms with Crippen molar-refractivity contribution in [3.05, 3.63) is 35.4 Å². The summed E-state index contributed by atoms with van der Waals surface area (Å²) in [6.45, 7) is 0.958. The van der Waals surface area contributed by atoms with Gasteiger partial charge >= 0.3 is 0 Å². The Morgan fingerprint density at radius 3 is 2.67 bits per heavy atom. The lowest BCUT2D eigenvalue weighted by molar-refractivity contribution is -0.132. The molecule has 0 aromatic heterocycles. The molecule has 18 heavy (non-hydrogen) atoms. The first kappa shape index (κ1) is 11.3. The Morgan fingerprint density at radius 2 is 2.11 bits per heavy atom. The van der Waals surface area contributed by atoms with Gasteiger partial charge in [0.15, 0.2) is 0 Å². The van der Waals surface area contributed by atoms with Crippen LogP contribution in [0.5, 0.6) is 0 Å². The summed E-state index contributed by atoms with van der Waals surface area (Å²) in [7, 11) is 0. The van der Waals surface area contributed by atoms with Gasteiger partial charge in [-0.1, -0.05) is 12.1 Å². The fraction of sp³-hybridized carbons (Fsp3) is 0.467. The molecule has 1 aliphatic heterocycles. The van der Waals surface area contributed by atoms with E-state index in [1.165, 1.54) is 19.3 Å². The van der Waals surface area contributed by atoms with Gasteiger partial charge in [-0.2, -0.15) is 5.26 Å². The van der Waals surface area contributed by atoms with Crippen molar-refractivity contribution in [2.45, 2.75) is 31.7 Å². The van der Waals surface area contributed by atoms with Gasteiger partial charge in [-0.05, 0) is 42.9 Å². The summed E-state index contributed by atoms with van der Waals surface area (Å²) in [5.74, 6) is 0.992. The predicted octanol–water partition coefficient (Wildman–Crippen LogP) is 2.11. The Balaban J connectivity index is 1.65. The van der Waals surface area contributed by atoms with Crippen LogP contribution in [0.25, 0.3) is 0 Å². The molecule has 0 spiro atoms. The zero-order valence-electron chi connectivity index (χ0n) is 10.3. The fourth-order valence-electron chi connectivity index (χ4n) is 3.20. The van der Waals surface area contributed by atoms with Crippen molar-refractivity contribution in [1.82, 2.24) is 4.90 Å². The van der Waals surface area contributed by atoms with Crippen LogP contribution >= 0.6 is 0 Å². The number of nitrogens with zero attached hydrogens (tertiary/aromatic N) is 2. The Labute approximate surface area is 107 Å². The van der Waals surface area contributed by atoms with Crippen LogP contribution in [0.15, 0.2) is 24.3 Å². The second-order valence-corrected chi connectivity index (χ2v) is 5.36. The molecule has 1 aromatic carbocycles. The average Bonchev–Trinajstić information content (AvgIpc) is 3.02. The van der Waals surface area contributed by atoms with E-state index in [0.29, 0.717) is 18.0 Å². The molecule has 3 nitrogen and oxygen atoms in total. The van der Waals surface area contributed by atoms with Crippen LogP contribution in [0, 0.1) is 17.2 Å². The minimum Gasteiger partial charge on any atom is -0.339 e. The maximum Gasteiger partial charge on any atom is 0.227 e. The molecule has 3 rings (SSSR count). The molecule has 3 heteroatoms. The predicted molar refractivity (Wildman–Crippen MR) is 67.7 cm³/mol. The van der Waals surface area contributed by atoms with Gasteiger partial charge in [0.2, 0.25) is 5.91 Å². The van der Waals surface area contributed by atoms with Crippen LogP contribution in [0.4, 0.5) is 0 Å². The maximum atomic E-state index is 12.2. The summed E-state index contributed by atoms with van der Waals surface area (Å²) >= 11 is 0. The van der Waals surface area contributed by atoms with Crippen molar-refractivity contribution >= 4 is 5.91 Å². The van der Waals surface area contributed by atoms with Gasteiger partial charge in [-0.15, -0.1) is 0 Å². The minimum absolute atomic E-state index is 0.243. The molecule has 1 saturated carbocycles. The van der Waals surface area contributed by atoms with Crippen LogP contribution in [0.1, 0.15) is 30.4 Å². The lowest BCUT2D eigenvalue weighted by Crippen LogP contribution is -2.38. The first-order valence-electron chi connectivity index (χ1n) is 6.55. The standard InChI is InChI=1S/C15H16N2O/c16-9-12-3-1-11(2-4-12)8-15(18)17-10-13-5-6-14(17)7-13/h1-4,13-14H,5-8,10H2. The number of amides is 1. The third-order valence-corrected chi connectivity index (χ3v) is 4.17. The Hall–Kier alpha value is -1.82. The molecule has 1 aliphatic carbocycles. The molecular weight excluding hydrogens is 224 g/mol. The van der Waals surface area contributed by atoms with Gasteiger partial charge < -0.3 is 4.90 Å². The van der Waals surface area contributed by atoms with Gasteiger partial charge in [0.25, 0.3) is 0 Å². The molecule has 1 aromatic rings. The number of fused-ring (bicyclic) bond motifs is 2. The van der Waals surface area contributed by atoms with Gasteiger partial charge in [0, 0.05) is 12.6 Å². The molecule has 2 bridgehead atoms. The van der Waals surface area contributed by atoms with E-state index >= 15 is 0 Å². The van der Waals surface area contributed by atoms with E-state index in [2.05, 4.69) is 11.0 Å². The zero-order chi connectivity index (χ0) is 12.5. The third-order valence-electron chi connectivity index (χ3n) is 4.17. The van der Waals surface area contributed by atoms with Crippen molar-refractivity contribution in [2.24, 2.45) is 5.92 Å². The normalized spacial score (nSPS) is 25.2. The summed E-state index contributed by atoms with van der Waals surface area (Å²) in [5.41, 5.74) is 1.65. The highest BCUT2D eigenvalue weighted by molar-refractivity contribution is 5.79. The molecule has 1 heterocycles. The van der Waals surface area contributed by atoms with E-state index in [9.17, 15) is 4.79 Å². The van der Waals surface area contributed by atoms with Gasteiger partial charge in [0.05, 0.1) is 18.1 Å². The molecule has 92 valence electrons. The highest BCUT2D eigenvalue weighted by Gasteiger charge is 2.39. The van der Waals surface area contributed by atoms with Gasteiger partial charge in [-0.3, -0.25) is 4.79 Å². The van der Waals surface area contributed by atoms with Gasteiger partial charge in [-0.25, -0.2) is 0 Å². The molecule has 0 radical (unpaired) electrons. The van der Waals surface area contributed by atoms with Crippen LogP contribution in [0.2, 0.25) is 0 Å². The third kappa shape index (κ3) is 1.99. The Bertz CT molecular complexity index is 500. The number of carbonyl (C=O) groups is 1. The quantitative estimate of drug-likeness (QED) is 0.794. The molecule has 0 N–H and O–H groups in total. The molecule has 1 amide bonds. The molecule has 2 aliphatic rings. The van der Waals surface area contributed by atoms with Crippen molar-refractivity contribution in [1.29, 1.82) is 5.26 Å². The van der Waals surface area contributed by atoms with E-state index < -0.39 is 0 Å². The average molecular weight is 240 g/mol. The van der Waals surface area contributed by atoms with Crippen LogP contribution < -0.4 is 0 Å². The number of hydrogen-bond acceptors (Lipinski definition) is 2. The first-order chi connectivity index (χ1) is 8.76. The van der Waals surface area contributed by atoms with Gasteiger partial charge in [0.1, 0.15) is 0 Å². The number of carbonyl (C=O) groups excluding carboxylic acids is 1. The molecule has 2 fully saturated rings. The Kier molecular flexibility index (Phi) is 2.79. The topological polar surface area (TPSA) is 44.1 Å². The summed E-state index contributed by atoms with van der Waals surface area (Å²) < 4.78 is 0. The first-order valence-corrected chi connectivity index (χ1v) is 6.55.